The van der Waals surface area contributed by atoms with Gasteiger partial charge < -0.3 is 24.8 Å². The molecule has 40 heavy (non-hydrogen) atoms. The van der Waals surface area contributed by atoms with Crippen LogP contribution in [-0.4, -0.2) is 44.3 Å². The van der Waals surface area contributed by atoms with Crippen LogP contribution < -0.4 is 30.3 Å². The lowest BCUT2D eigenvalue weighted by Crippen LogP contribution is -2.37. The molecule has 0 aromatic heterocycles. The number of ether oxygens (including phenoxy) is 3. The molecule has 0 aliphatic rings. The average molecular weight is 547 g/mol. The zero-order valence-corrected chi connectivity index (χ0v) is 23.0. The van der Waals surface area contributed by atoms with Gasteiger partial charge in [0.1, 0.15) is 5.75 Å². The molecule has 0 fully saturated rings. The molecule has 0 unspecified atom stereocenters. The van der Waals surface area contributed by atoms with E-state index in [-0.39, 0.29) is 19.1 Å². The molecule has 210 valence electrons. The van der Waals surface area contributed by atoms with Gasteiger partial charge in [0.25, 0.3) is 5.91 Å². The predicted octanol–water partition coefficient (Wildman–Crippen LogP) is 4.00. The second kappa shape index (κ2) is 14.9. The molecule has 0 aliphatic carbocycles. The molecule has 3 aromatic rings. The fourth-order valence-corrected chi connectivity index (χ4v) is 3.53. The van der Waals surface area contributed by atoms with E-state index in [0.717, 1.165) is 5.56 Å². The maximum Gasteiger partial charge on any atom is 0.329 e. The van der Waals surface area contributed by atoms with Crippen LogP contribution in [0.15, 0.2) is 71.8 Å². The van der Waals surface area contributed by atoms with Crippen molar-refractivity contribution < 1.29 is 28.6 Å². The molecule has 0 heterocycles. The fraction of sp³-hybridized carbons (Fsp3) is 0.267. The Morgan fingerprint density at radius 2 is 1.70 bits per heavy atom. The second-order valence-electron chi connectivity index (χ2n) is 8.99. The first-order valence-electron chi connectivity index (χ1n) is 12.8. The number of anilines is 1. The molecule has 0 saturated heterocycles. The number of carbonyl (C=O) groups is 3. The molecule has 0 aliphatic heterocycles. The Bertz CT molecular complexity index is 1340. The molecule has 3 aromatic carbocycles. The highest BCUT2D eigenvalue weighted by atomic mass is 16.5. The van der Waals surface area contributed by atoms with Crippen molar-refractivity contribution >= 4 is 29.6 Å². The van der Waals surface area contributed by atoms with Gasteiger partial charge >= 0.3 is 11.8 Å². The molecule has 0 bridgehead atoms. The van der Waals surface area contributed by atoms with Crippen LogP contribution in [0.2, 0.25) is 0 Å². The highest BCUT2D eigenvalue weighted by Crippen LogP contribution is 2.28. The summed E-state index contributed by atoms with van der Waals surface area (Å²) in [6.45, 7) is 6.38. The van der Waals surface area contributed by atoms with Crippen LogP contribution in [-0.2, 0) is 20.9 Å². The number of rotatable bonds is 12. The molecule has 3 amide bonds. The number of benzene rings is 3. The number of carbonyl (C=O) groups excluding carboxylic acids is 3. The van der Waals surface area contributed by atoms with Gasteiger partial charge in [-0.1, -0.05) is 44.2 Å². The van der Waals surface area contributed by atoms with Gasteiger partial charge in [0.15, 0.2) is 18.1 Å². The van der Waals surface area contributed by atoms with Gasteiger partial charge in [-0.15, -0.1) is 0 Å². The molecule has 0 atom stereocenters. The molecule has 0 spiro atoms. The van der Waals surface area contributed by atoms with E-state index in [9.17, 15) is 14.4 Å². The molecule has 3 N–H and O–H groups in total. The number of hydrogen-bond acceptors (Lipinski definition) is 7. The minimum Gasteiger partial charge on any atom is -0.497 e. The topological polar surface area (TPSA) is 127 Å². The van der Waals surface area contributed by atoms with E-state index in [1.165, 1.54) is 11.8 Å². The second-order valence-corrected chi connectivity index (χ2v) is 8.99. The number of nitrogens with one attached hydrogen (secondary N) is 3. The number of methoxy groups -OCH3 is 1. The molecule has 0 radical (unpaired) electrons. The summed E-state index contributed by atoms with van der Waals surface area (Å²) in [6, 6.07) is 19.8. The lowest BCUT2D eigenvalue weighted by atomic mass is 10.0. The van der Waals surface area contributed by atoms with Crippen LogP contribution in [0.25, 0.3) is 0 Å². The van der Waals surface area contributed by atoms with Crippen LogP contribution in [0.3, 0.4) is 0 Å². The van der Waals surface area contributed by atoms with Crippen LogP contribution >= 0.6 is 0 Å². The lowest BCUT2D eigenvalue weighted by Gasteiger charge is -2.13. The first kappa shape index (κ1) is 29.7. The maximum atomic E-state index is 12.3. The average Bonchev–Trinajstić information content (AvgIpc) is 2.95. The summed E-state index contributed by atoms with van der Waals surface area (Å²) in [5.41, 5.74) is 5.47. The summed E-state index contributed by atoms with van der Waals surface area (Å²) >= 11 is 0. The molecular weight excluding hydrogens is 512 g/mol. The Hall–Kier alpha value is -4.86. The molecule has 10 heteroatoms. The van der Waals surface area contributed by atoms with Crippen molar-refractivity contribution in [3.8, 4) is 17.2 Å². The van der Waals surface area contributed by atoms with Gasteiger partial charge in [0, 0.05) is 18.3 Å². The number of nitrogens with zero attached hydrogens (tertiary/aromatic N) is 1. The zero-order valence-electron chi connectivity index (χ0n) is 23.0. The van der Waals surface area contributed by atoms with Gasteiger partial charge in [0.2, 0.25) is 0 Å². The lowest BCUT2D eigenvalue weighted by molar-refractivity contribution is -0.139. The highest BCUT2D eigenvalue weighted by molar-refractivity contribution is 6.35. The normalized spacial score (nSPS) is 10.7. The van der Waals surface area contributed by atoms with Gasteiger partial charge in [-0.25, -0.2) is 5.43 Å². The van der Waals surface area contributed by atoms with E-state index in [1.807, 2.05) is 31.2 Å². The number of hydrazone groups is 1. The summed E-state index contributed by atoms with van der Waals surface area (Å²) in [5.74, 6) is -0.234. The predicted molar refractivity (Wildman–Crippen MR) is 153 cm³/mol. The van der Waals surface area contributed by atoms with Crippen LogP contribution in [0.5, 0.6) is 17.2 Å². The summed E-state index contributed by atoms with van der Waals surface area (Å²) < 4.78 is 16.4. The molecule has 0 saturated carbocycles. The maximum absolute atomic E-state index is 12.3. The Kier molecular flexibility index (Phi) is 11.1. The fourth-order valence-electron chi connectivity index (χ4n) is 3.53. The van der Waals surface area contributed by atoms with Crippen molar-refractivity contribution in [2.45, 2.75) is 33.2 Å². The Balaban J connectivity index is 1.50. The van der Waals surface area contributed by atoms with E-state index in [0.29, 0.717) is 41.0 Å². The van der Waals surface area contributed by atoms with Gasteiger partial charge in [-0.2, -0.15) is 5.10 Å². The highest BCUT2D eigenvalue weighted by Gasteiger charge is 2.13. The number of amides is 3. The van der Waals surface area contributed by atoms with Crippen molar-refractivity contribution in [3.63, 3.8) is 0 Å². The van der Waals surface area contributed by atoms with E-state index in [1.54, 1.807) is 49.6 Å². The van der Waals surface area contributed by atoms with Gasteiger partial charge in [0.05, 0.1) is 19.9 Å². The van der Waals surface area contributed by atoms with Crippen molar-refractivity contribution in [2.75, 3.05) is 25.6 Å². The smallest absolute Gasteiger partial charge is 0.329 e. The van der Waals surface area contributed by atoms with Gasteiger partial charge in [-0.05, 0) is 59.9 Å². The van der Waals surface area contributed by atoms with Crippen LogP contribution in [0, 0.1) is 0 Å². The minimum absolute atomic E-state index is 0.227. The summed E-state index contributed by atoms with van der Waals surface area (Å²) in [5, 5.41) is 9.17. The van der Waals surface area contributed by atoms with Crippen LogP contribution in [0.4, 0.5) is 5.69 Å². The number of hydrogen-bond donors (Lipinski definition) is 3. The molecular formula is C30H34N4O6. The third kappa shape index (κ3) is 9.16. The summed E-state index contributed by atoms with van der Waals surface area (Å²) in [4.78, 5) is 36.6. The standard InChI is InChI=1S/C30H34N4O6/c1-5-39-27-15-22(11-14-26(27)40-19-28(35)33-24-7-6-8-25(16-24)38-4)18-32-34-30(37)29(36)31-17-21-9-12-23(13-10-21)20(2)3/h6-16,18,20H,5,17,19H2,1-4H3,(H,31,36)(H,33,35)(H,34,37)/b32-18-. The Morgan fingerprint density at radius 3 is 2.40 bits per heavy atom. The summed E-state index contributed by atoms with van der Waals surface area (Å²) in [6.07, 6.45) is 1.37. The van der Waals surface area contributed by atoms with E-state index in [2.05, 4.69) is 35.0 Å². The van der Waals surface area contributed by atoms with E-state index < -0.39 is 11.8 Å². The zero-order chi connectivity index (χ0) is 28.9. The van der Waals surface area contributed by atoms with Crippen molar-refractivity contribution in [2.24, 2.45) is 5.10 Å². The van der Waals surface area contributed by atoms with Crippen LogP contribution in [0.1, 0.15) is 43.4 Å². The Morgan fingerprint density at radius 1 is 0.925 bits per heavy atom. The van der Waals surface area contributed by atoms with Crippen molar-refractivity contribution in [3.05, 3.63) is 83.4 Å². The van der Waals surface area contributed by atoms with E-state index >= 15 is 0 Å². The minimum atomic E-state index is -0.887. The van der Waals surface area contributed by atoms with Gasteiger partial charge in [-0.3, -0.25) is 14.4 Å². The molecule has 3 rings (SSSR count). The van der Waals surface area contributed by atoms with Crippen molar-refractivity contribution in [1.29, 1.82) is 0 Å². The Labute approximate surface area is 233 Å². The largest absolute Gasteiger partial charge is 0.497 e. The van der Waals surface area contributed by atoms with E-state index in [4.69, 9.17) is 14.2 Å². The third-order valence-electron chi connectivity index (χ3n) is 5.67. The SMILES string of the molecule is CCOc1cc(/C=N\NC(=O)C(=O)NCc2ccc(C(C)C)cc2)ccc1OCC(=O)Nc1cccc(OC)c1. The summed E-state index contributed by atoms with van der Waals surface area (Å²) in [7, 11) is 1.55. The quantitative estimate of drug-likeness (QED) is 0.179. The first-order chi connectivity index (χ1) is 19.3. The monoisotopic (exact) mass is 546 g/mol. The third-order valence-corrected chi connectivity index (χ3v) is 5.67. The first-order valence-corrected chi connectivity index (χ1v) is 12.8. The van der Waals surface area contributed by atoms with Crippen molar-refractivity contribution in [1.82, 2.24) is 10.7 Å². The molecule has 10 nitrogen and oxygen atoms in total.